The van der Waals surface area contributed by atoms with E-state index < -0.39 is 23.9 Å². The molecule has 0 aliphatic carbocycles. The van der Waals surface area contributed by atoms with Crippen LogP contribution in [-0.2, 0) is 16.1 Å². The molecular formula is C22H16N2O8. The molecule has 1 aromatic carbocycles. The number of urea groups is 1. The van der Waals surface area contributed by atoms with Crippen LogP contribution in [0.1, 0.15) is 32.4 Å². The fourth-order valence-corrected chi connectivity index (χ4v) is 3.08. The minimum Gasteiger partial charge on any atom is -0.478 e. The molecule has 10 heteroatoms. The van der Waals surface area contributed by atoms with Crippen molar-refractivity contribution in [3.8, 4) is 11.3 Å². The molecule has 1 saturated heterocycles. The number of hydrogen-bond acceptors (Lipinski definition) is 7. The lowest BCUT2D eigenvalue weighted by Crippen LogP contribution is -2.30. The standard InChI is InChI=1S/C22H16N2O8/c1-30-21(28)18-8-6-15(32-18)11-24-19(25)16(23-22(24)29)10-14-5-7-17(31-14)12-3-2-4-13(9-12)20(26)27/h2-10H,11H2,1H3,(H,23,29)(H,26,27)/b16-10-. The van der Waals surface area contributed by atoms with Gasteiger partial charge in [-0.15, -0.1) is 0 Å². The number of ether oxygens (including phenoxy) is 1. The number of nitrogens with zero attached hydrogens (tertiary/aromatic N) is 1. The number of imide groups is 1. The maximum atomic E-state index is 12.7. The molecule has 2 aromatic heterocycles. The topological polar surface area (TPSA) is 139 Å². The van der Waals surface area contributed by atoms with Crippen molar-refractivity contribution < 1.29 is 37.9 Å². The first-order valence-electron chi connectivity index (χ1n) is 9.31. The number of amides is 3. The van der Waals surface area contributed by atoms with Gasteiger partial charge < -0.3 is 24.0 Å². The molecule has 1 aliphatic heterocycles. The Bertz CT molecular complexity index is 1270. The molecule has 0 atom stereocenters. The van der Waals surface area contributed by atoms with Crippen molar-refractivity contribution in [3.05, 3.63) is 77.1 Å². The zero-order valence-electron chi connectivity index (χ0n) is 16.7. The van der Waals surface area contributed by atoms with Gasteiger partial charge in [-0.3, -0.25) is 9.69 Å². The van der Waals surface area contributed by atoms with E-state index in [1.54, 1.807) is 24.3 Å². The van der Waals surface area contributed by atoms with Crippen molar-refractivity contribution in [1.29, 1.82) is 0 Å². The fraction of sp³-hybridized carbons (Fsp3) is 0.0909. The van der Waals surface area contributed by atoms with Gasteiger partial charge in [0.05, 0.1) is 19.2 Å². The van der Waals surface area contributed by atoms with Gasteiger partial charge in [-0.25, -0.2) is 14.4 Å². The summed E-state index contributed by atoms with van der Waals surface area (Å²) in [5.74, 6) is -1.45. The van der Waals surface area contributed by atoms with Crippen molar-refractivity contribution in [2.24, 2.45) is 0 Å². The number of carboxylic acid groups (broad SMARTS) is 1. The molecule has 2 N–H and O–H groups in total. The van der Waals surface area contributed by atoms with E-state index in [-0.39, 0.29) is 35.1 Å². The van der Waals surface area contributed by atoms with Crippen LogP contribution in [0.3, 0.4) is 0 Å². The van der Waals surface area contributed by atoms with E-state index >= 15 is 0 Å². The number of carbonyl (C=O) groups excluding carboxylic acids is 3. The van der Waals surface area contributed by atoms with Crippen LogP contribution < -0.4 is 5.32 Å². The smallest absolute Gasteiger partial charge is 0.373 e. The van der Waals surface area contributed by atoms with Gasteiger partial charge in [0.1, 0.15) is 23.0 Å². The summed E-state index contributed by atoms with van der Waals surface area (Å²) in [7, 11) is 1.21. The van der Waals surface area contributed by atoms with Gasteiger partial charge in [0.15, 0.2) is 0 Å². The maximum Gasteiger partial charge on any atom is 0.373 e. The Balaban J connectivity index is 1.51. The number of esters is 1. The molecule has 0 unspecified atom stereocenters. The molecule has 162 valence electrons. The number of aromatic carboxylic acids is 1. The third-order valence-electron chi connectivity index (χ3n) is 4.63. The predicted octanol–water partition coefficient (Wildman–Crippen LogP) is 3.12. The number of carbonyl (C=O) groups is 4. The van der Waals surface area contributed by atoms with Crippen LogP contribution in [0.4, 0.5) is 4.79 Å². The highest BCUT2D eigenvalue weighted by molar-refractivity contribution is 6.13. The zero-order chi connectivity index (χ0) is 22.8. The molecule has 0 bridgehead atoms. The number of methoxy groups -OCH3 is 1. The summed E-state index contributed by atoms with van der Waals surface area (Å²) in [4.78, 5) is 48.4. The highest BCUT2D eigenvalue weighted by Crippen LogP contribution is 2.25. The van der Waals surface area contributed by atoms with Gasteiger partial charge in [0.25, 0.3) is 5.91 Å². The lowest BCUT2D eigenvalue weighted by Gasteiger charge is -2.09. The van der Waals surface area contributed by atoms with Crippen LogP contribution in [0.5, 0.6) is 0 Å². The van der Waals surface area contributed by atoms with Crippen molar-refractivity contribution in [1.82, 2.24) is 10.2 Å². The fourth-order valence-electron chi connectivity index (χ4n) is 3.08. The molecule has 3 heterocycles. The first-order chi connectivity index (χ1) is 15.4. The van der Waals surface area contributed by atoms with E-state index in [0.717, 1.165) is 4.90 Å². The summed E-state index contributed by atoms with van der Waals surface area (Å²) < 4.78 is 15.5. The Labute approximate surface area is 180 Å². The summed E-state index contributed by atoms with van der Waals surface area (Å²) in [6.07, 6.45) is 1.37. The molecule has 32 heavy (non-hydrogen) atoms. The highest BCUT2D eigenvalue weighted by Gasteiger charge is 2.34. The van der Waals surface area contributed by atoms with Gasteiger partial charge in [0, 0.05) is 11.6 Å². The minimum atomic E-state index is -1.06. The number of rotatable bonds is 6. The first-order valence-corrected chi connectivity index (χ1v) is 9.31. The SMILES string of the molecule is COC(=O)c1ccc(CN2C(=O)N/C(=C\c3ccc(-c4cccc(C(=O)O)c4)o3)C2=O)o1. The molecule has 0 spiro atoms. The zero-order valence-corrected chi connectivity index (χ0v) is 16.7. The largest absolute Gasteiger partial charge is 0.478 e. The monoisotopic (exact) mass is 436 g/mol. The Morgan fingerprint density at radius 1 is 1.12 bits per heavy atom. The number of hydrogen-bond donors (Lipinski definition) is 2. The molecule has 10 nitrogen and oxygen atoms in total. The Hall–Kier alpha value is -4.60. The van der Waals surface area contributed by atoms with Crippen molar-refractivity contribution in [2.75, 3.05) is 7.11 Å². The average Bonchev–Trinajstić information content (AvgIpc) is 3.50. The quantitative estimate of drug-likeness (QED) is 0.341. The summed E-state index contributed by atoms with van der Waals surface area (Å²) in [6, 6.07) is 11.6. The van der Waals surface area contributed by atoms with Crippen LogP contribution in [-0.4, -0.2) is 41.0 Å². The molecule has 3 amide bonds. The van der Waals surface area contributed by atoms with E-state index in [2.05, 4.69) is 10.1 Å². The van der Waals surface area contributed by atoms with Crippen LogP contribution in [0.25, 0.3) is 17.4 Å². The van der Waals surface area contributed by atoms with E-state index in [9.17, 15) is 19.2 Å². The third kappa shape index (κ3) is 4.01. The highest BCUT2D eigenvalue weighted by atomic mass is 16.5. The lowest BCUT2D eigenvalue weighted by molar-refractivity contribution is -0.123. The van der Waals surface area contributed by atoms with E-state index in [1.165, 1.54) is 37.5 Å². The van der Waals surface area contributed by atoms with Gasteiger partial charge in [0.2, 0.25) is 5.76 Å². The number of carboxylic acids is 1. The van der Waals surface area contributed by atoms with Gasteiger partial charge in [-0.05, 0) is 36.4 Å². The number of furan rings is 2. The Morgan fingerprint density at radius 3 is 2.69 bits per heavy atom. The first kappa shape index (κ1) is 20.7. The second-order valence-corrected chi connectivity index (χ2v) is 6.72. The molecule has 3 aromatic rings. The van der Waals surface area contributed by atoms with Gasteiger partial charge in [-0.2, -0.15) is 0 Å². The van der Waals surface area contributed by atoms with E-state index in [0.29, 0.717) is 11.3 Å². The second-order valence-electron chi connectivity index (χ2n) is 6.72. The summed E-state index contributed by atoms with van der Waals surface area (Å²) in [5.41, 5.74) is 0.660. The average molecular weight is 436 g/mol. The van der Waals surface area contributed by atoms with Crippen LogP contribution >= 0.6 is 0 Å². The van der Waals surface area contributed by atoms with Gasteiger partial charge >= 0.3 is 18.0 Å². The molecule has 0 saturated carbocycles. The van der Waals surface area contributed by atoms with Crippen LogP contribution in [0.15, 0.2) is 63.1 Å². The number of nitrogens with one attached hydrogen (secondary N) is 1. The molecule has 1 fully saturated rings. The van der Waals surface area contributed by atoms with Crippen molar-refractivity contribution in [3.63, 3.8) is 0 Å². The van der Waals surface area contributed by atoms with Crippen LogP contribution in [0.2, 0.25) is 0 Å². The molecular weight excluding hydrogens is 420 g/mol. The summed E-state index contributed by atoms with van der Waals surface area (Å²) in [5, 5.41) is 11.6. The maximum absolute atomic E-state index is 12.7. The van der Waals surface area contributed by atoms with E-state index in [1.807, 2.05) is 0 Å². The van der Waals surface area contributed by atoms with E-state index in [4.69, 9.17) is 13.9 Å². The lowest BCUT2D eigenvalue weighted by atomic mass is 10.1. The normalized spacial score (nSPS) is 14.7. The molecule has 4 rings (SSSR count). The molecule has 1 aliphatic rings. The minimum absolute atomic E-state index is 0.00469. The molecule has 0 radical (unpaired) electrons. The van der Waals surface area contributed by atoms with Crippen LogP contribution in [0, 0.1) is 0 Å². The number of benzene rings is 1. The second kappa shape index (κ2) is 8.26. The Morgan fingerprint density at radius 2 is 1.94 bits per heavy atom. The third-order valence-corrected chi connectivity index (χ3v) is 4.63. The van der Waals surface area contributed by atoms with Gasteiger partial charge in [-0.1, -0.05) is 12.1 Å². The Kier molecular flexibility index (Phi) is 5.34. The summed E-state index contributed by atoms with van der Waals surface area (Å²) >= 11 is 0. The van der Waals surface area contributed by atoms with Crippen molar-refractivity contribution in [2.45, 2.75) is 6.54 Å². The summed E-state index contributed by atoms with van der Waals surface area (Å²) in [6.45, 7) is -0.176. The predicted molar refractivity (Wildman–Crippen MR) is 108 cm³/mol. The van der Waals surface area contributed by atoms with Crippen molar-refractivity contribution >= 4 is 30.0 Å².